The number of benzene rings is 1. The maximum atomic E-state index is 12.0. The Morgan fingerprint density at radius 3 is 2.61 bits per heavy atom. The van der Waals surface area contributed by atoms with Gasteiger partial charge in [0.15, 0.2) is 0 Å². The molecule has 1 atom stereocenters. The number of nitrogens with one attached hydrogen (secondary N) is 1. The van der Waals surface area contributed by atoms with Crippen molar-refractivity contribution in [3.8, 4) is 0 Å². The number of hydrogen-bond donors (Lipinski definition) is 1. The molecule has 2 aromatic rings. The number of ether oxygens (including phenoxy) is 2. The first-order chi connectivity index (χ1) is 11.1. The maximum absolute atomic E-state index is 12.0. The minimum Gasteiger partial charge on any atom is -0.463 e. The predicted octanol–water partition coefficient (Wildman–Crippen LogP) is 2.47. The highest BCUT2D eigenvalue weighted by molar-refractivity contribution is 7.12. The van der Waals surface area contributed by atoms with Crippen LogP contribution in [0.4, 0.5) is 5.69 Å². The van der Waals surface area contributed by atoms with Gasteiger partial charge in [-0.2, -0.15) is 0 Å². The number of amides is 1. The van der Waals surface area contributed by atoms with E-state index in [1.54, 1.807) is 24.3 Å². The van der Waals surface area contributed by atoms with E-state index in [1.165, 1.54) is 23.5 Å². The van der Waals surface area contributed by atoms with Gasteiger partial charge in [0, 0.05) is 12.1 Å². The number of carbonyl (C=O) groups is 3. The van der Waals surface area contributed by atoms with Gasteiger partial charge in [0.25, 0.3) is 5.91 Å². The summed E-state index contributed by atoms with van der Waals surface area (Å²) in [5.74, 6) is -1.31. The van der Waals surface area contributed by atoms with Crippen LogP contribution >= 0.6 is 11.3 Å². The lowest BCUT2D eigenvalue weighted by Gasteiger charge is -2.09. The highest BCUT2D eigenvalue weighted by Crippen LogP contribution is 2.17. The average Bonchev–Trinajstić information content (AvgIpc) is 3.20. The first-order valence-corrected chi connectivity index (χ1v) is 7.84. The van der Waals surface area contributed by atoms with E-state index in [9.17, 15) is 14.4 Å². The molecule has 1 aromatic heterocycles. The zero-order valence-corrected chi connectivity index (χ0v) is 12.8. The zero-order chi connectivity index (χ0) is 16.2. The number of hydrogen-bond acceptors (Lipinski definition) is 6. The molecule has 1 amide bonds. The SMILES string of the molecule is O=C(OC1CCOC1=O)c1ccc(NC(=O)c2cccs2)cc1. The third-order valence-corrected chi connectivity index (χ3v) is 4.13. The second-order valence-electron chi connectivity index (χ2n) is 4.86. The van der Waals surface area contributed by atoms with Gasteiger partial charge < -0.3 is 14.8 Å². The maximum Gasteiger partial charge on any atom is 0.347 e. The molecule has 1 aliphatic rings. The minimum absolute atomic E-state index is 0.205. The molecule has 1 fully saturated rings. The Kier molecular flexibility index (Phi) is 4.38. The summed E-state index contributed by atoms with van der Waals surface area (Å²) >= 11 is 1.35. The van der Waals surface area contributed by atoms with Crippen molar-refractivity contribution in [2.45, 2.75) is 12.5 Å². The fourth-order valence-corrected chi connectivity index (χ4v) is 2.69. The van der Waals surface area contributed by atoms with Crippen molar-refractivity contribution in [3.05, 3.63) is 52.2 Å². The summed E-state index contributed by atoms with van der Waals surface area (Å²) in [4.78, 5) is 35.8. The molecule has 3 rings (SSSR count). The third-order valence-electron chi connectivity index (χ3n) is 3.26. The summed E-state index contributed by atoms with van der Waals surface area (Å²) in [7, 11) is 0. The second-order valence-corrected chi connectivity index (χ2v) is 5.81. The molecule has 1 aliphatic heterocycles. The number of thiophene rings is 1. The van der Waals surface area contributed by atoms with Crippen molar-refractivity contribution < 1.29 is 23.9 Å². The normalized spacial score (nSPS) is 16.7. The fourth-order valence-electron chi connectivity index (χ4n) is 2.07. The highest BCUT2D eigenvalue weighted by atomic mass is 32.1. The molecule has 118 valence electrons. The molecule has 6 nitrogen and oxygen atoms in total. The second kappa shape index (κ2) is 6.62. The van der Waals surface area contributed by atoms with E-state index < -0.39 is 18.0 Å². The van der Waals surface area contributed by atoms with Gasteiger partial charge in [-0.1, -0.05) is 6.07 Å². The van der Waals surface area contributed by atoms with Crippen molar-refractivity contribution in [1.29, 1.82) is 0 Å². The molecule has 0 saturated carbocycles. The lowest BCUT2D eigenvalue weighted by molar-refractivity contribution is -0.145. The average molecular weight is 331 g/mol. The zero-order valence-electron chi connectivity index (χ0n) is 12.0. The number of rotatable bonds is 4. The predicted molar refractivity (Wildman–Crippen MR) is 83.5 cm³/mol. The Labute approximate surface area is 136 Å². The number of carbonyl (C=O) groups excluding carboxylic acids is 3. The fraction of sp³-hybridized carbons (Fsp3) is 0.188. The Hall–Kier alpha value is -2.67. The topological polar surface area (TPSA) is 81.7 Å². The monoisotopic (exact) mass is 331 g/mol. The third kappa shape index (κ3) is 3.57. The van der Waals surface area contributed by atoms with Crippen LogP contribution in [0, 0.1) is 0 Å². The standard InChI is InChI=1S/C16H13NO5S/c18-14(13-2-1-9-23-13)17-11-5-3-10(4-6-11)15(19)22-12-7-8-21-16(12)20/h1-6,9,12H,7-8H2,(H,17,18). The summed E-state index contributed by atoms with van der Waals surface area (Å²) in [5.41, 5.74) is 0.874. The molecule has 1 saturated heterocycles. The van der Waals surface area contributed by atoms with Gasteiger partial charge in [-0.05, 0) is 35.7 Å². The van der Waals surface area contributed by atoms with E-state index in [-0.39, 0.29) is 12.5 Å². The summed E-state index contributed by atoms with van der Waals surface area (Å²) in [6, 6.07) is 9.81. The van der Waals surface area contributed by atoms with Crippen LogP contribution in [0.15, 0.2) is 41.8 Å². The highest BCUT2D eigenvalue weighted by Gasteiger charge is 2.30. The molecule has 0 aliphatic carbocycles. The summed E-state index contributed by atoms with van der Waals surface area (Å²) in [6.45, 7) is 0.268. The summed E-state index contributed by atoms with van der Waals surface area (Å²) in [6.07, 6.45) is -0.458. The summed E-state index contributed by atoms with van der Waals surface area (Å²) in [5, 5.41) is 4.56. The van der Waals surface area contributed by atoms with Crippen LogP contribution in [-0.4, -0.2) is 30.6 Å². The molecule has 0 radical (unpaired) electrons. The molecule has 0 bridgehead atoms. The number of esters is 2. The van der Waals surface area contributed by atoms with Gasteiger partial charge >= 0.3 is 11.9 Å². The van der Waals surface area contributed by atoms with Gasteiger partial charge in [0.1, 0.15) is 0 Å². The minimum atomic E-state index is -0.833. The van der Waals surface area contributed by atoms with E-state index in [2.05, 4.69) is 5.32 Å². The van der Waals surface area contributed by atoms with Crippen LogP contribution in [0.2, 0.25) is 0 Å². The number of anilines is 1. The van der Waals surface area contributed by atoms with E-state index in [4.69, 9.17) is 9.47 Å². The number of cyclic esters (lactones) is 1. The smallest absolute Gasteiger partial charge is 0.347 e. The molecular weight excluding hydrogens is 318 g/mol. The first kappa shape index (κ1) is 15.2. The van der Waals surface area contributed by atoms with E-state index >= 15 is 0 Å². The largest absolute Gasteiger partial charge is 0.463 e. The molecule has 2 heterocycles. The lowest BCUT2D eigenvalue weighted by atomic mass is 10.2. The Morgan fingerprint density at radius 1 is 1.22 bits per heavy atom. The van der Waals surface area contributed by atoms with Crippen molar-refractivity contribution >= 4 is 34.9 Å². The van der Waals surface area contributed by atoms with Gasteiger partial charge in [0.05, 0.1) is 17.0 Å². The molecular formula is C16H13NO5S. The Morgan fingerprint density at radius 2 is 2.00 bits per heavy atom. The molecule has 1 aromatic carbocycles. The summed E-state index contributed by atoms with van der Waals surface area (Å²) < 4.78 is 9.83. The van der Waals surface area contributed by atoms with Gasteiger partial charge in [0.2, 0.25) is 6.10 Å². The van der Waals surface area contributed by atoms with Crippen LogP contribution in [0.25, 0.3) is 0 Å². The van der Waals surface area contributed by atoms with Crippen molar-refractivity contribution in [1.82, 2.24) is 0 Å². The van der Waals surface area contributed by atoms with Gasteiger partial charge in [-0.15, -0.1) is 11.3 Å². The quantitative estimate of drug-likeness (QED) is 0.871. The molecule has 1 N–H and O–H groups in total. The van der Waals surface area contributed by atoms with Crippen molar-refractivity contribution in [3.63, 3.8) is 0 Å². The van der Waals surface area contributed by atoms with Gasteiger partial charge in [-0.25, -0.2) is 9.59 Å². The van der Waals surface area contributed by atoms with Crippen LogP contribution < -0.4 is 5.32 Å². The van der Waals surface area contributed by atoms with Gasteiger partial charge in [-0.3, -0.25) is 4.79 Å². The molecule has 23 heavy (non-hydrogen) atoms. The van der Waals surface area contributed by atoms with E-state index in [0.29, 0.717) is 22.5 Å². The van der Waals surface area contributed by atoms with Crippen LogP contribution in [0.3, 0.4) is 0 Å². The molecule has 1 unspecified atom stereocenters. The molecule has 0 spiro atoms. The van der Waals surface area contributed by atoms with E-state index in [0.717, 1.165) is 0 Å². The van der Waals surface area contributed by atoms with E-state index in [1.807, 2.05) is 5.38 Å². The first-order valence-electron chi connectivity index (χ1n) is 6.96. The van der Waals surface area contributed by atoms with Crippen molar-refractivity contribution in [2.75, 3.05) is 11.9 Å². The van der Waals surface area contributed by atoms with Crippen LogP contribution in [-0.2, 0) is 14.3 Å². The lowest BCUT2D eigenvalue weighted by Crippen LogP contribution is -2.22. The van der Waals surface area contributed by atoms with Crippen LogP contribution in [0.5, 0.6) is 0 Å². The van der Waals surface area contributed by atoms with Crippen molar-refractivity contribution in [2.24, 2.45) is 0 Å². The Bertz CT molecular complexity index is 723. The Balaban J connectivity index is 1.61. The van der Waals surface area contributed by atoms with Crippen LogP contribution in [0.1, 0.15) is 26.5 Å². The molecule has 7 heteroatoms.